The summed E-state index contributed by atoms with van der Waals surface area (Å²) in [6, 6.07) is 6.12. The summed E-state index contributed by atoms with van der Waals surface area (Å²) in [5.74, 6) is 1.02. The molecule has 30 heavy (non-hydrogen) atoms. The Morgan fingerprint density at radius 3 is 2.67 bits per heavy atom. The van der Waals surface area contributed by atoms with Gasteiger partial charge in [-0.15, -0.1) is 0 Å². The maximum Gasteiger partial charge on any atom is 0.249 e. The predicted molar refractivity (Wildman–Crippen MR) is 113 cm³/mol. The minimum Gasteiger partial charge on any atom is -0.350 e. The molecule has 1 N–H and O–H groups in total. The number of anilines is 3. The third-order valence-corrected chi connectivity index (χ3v) is 5.27. The van der Waals surface area contributed by atoms with Crippen molar-refractivity contribution in [3.05, 3.63) is 59.8 Å². The molecule has 0 saturated heterocycles. The molecule has 0 unspecified atom stereocenters. The number of hydrogen-bond donors (Lipinski definition) is 1. The van der Waals surface area contributed by atoms with E-state index < -0.39 is 0 Å². The summed E-state index contributed by atoms with van der Waals surface area (Å²) in [5.41, 5.74) is 2.66. The minimum absolute atomic E-state index is 0.0298. The van der Waals surface area contributed by atoms with Crippen LogP contribution in [-0.2, 0) is 17.9 Å². The molecule has 2 aromatic heterocycles. The molecule has 1 aliphatic rings. The number of aromatic nitrogens is 4. The number of likely N-dealkylation sites (N-methyl/N-ethyl adjacent to an activating group) is 2. The molecule has 3 heterocycles. The van der Waals surface area contributed by atoms with Crippen molar-refractivity contribution in [2.45, 2.75) is 33.0 Å². The van der Waals surface area contributed by atoms with Gasteiger partial charge in [0.05, 0.1) is 18.9 Å². The van der Waals surface area contributed by atoms with Crippen LogP contribution in [-0.4, -0.2) is 45.3 Å². The second kappa shape index (κ2) is 8.10. The van der Waals surface area contributed by atoms with Gasteiger partial charge in [-0.05, 0) is 31.5 Å². The van der Waals surface area contributed by atoms with Crippen molar-refractivity contribution in [1.82, 2.24) is 19.7 Å². The van der Waals surface area contributed by atoms with Gasteiger partial charge in [-0.3, -0.25) is 9.48 Å². The van der Waals surface area contributed by atoms with Gasteiger partial charge < -0.3 is 15.1 Å². The van der Waals surface area contributed by atoms with E-state index in [2.05, 4.69) is 20.4 Å². The Morgan fingerprint density at radius 1 is 1.17 bits per heavy atom. The van der Waals surface area contributed by atoms with Gasteiger partial charge in [-0.25, -0.2) is 9.37 Å². The van der Waals surface area contributed by atoms with Crippen LogP contribution >= 0.6 is 0 Å². The van der Waals surface area contributed by atoms with Crippen LogP contribution in [0.5, 0.6) is 0 Å². The van der Waals surface area contributed by atoms with Gasteiger partial charge in [-0.2, -0.15) is 10.1 Å². The summed E-state index contributed by atoms with van der Waals surface area (Å²) in [7, 11) is 1.75. The first-order valence-corrected chi connectivity index (χ1v) is 9.87. The molecule has 4 rings (SSSR count). The Bertz CT molecular complexity index is 1050. The van der Waals surface area contributed by atoms with Gasteiger partial charge in [0, 0.05) is 31.9 Å². The minimum atomic E-state index is -0.264. The van der Waals surface area contributed by atoms with Gasteiger partial charge in [-0.1, -0.05) is 12.1 Å². The Kier molecular flexibility index (Phi) is 5.35. The summed E-state index contributed by atoms with van der Waals surface area (Å²) in [6.45, 7) is 5.65. The Morgan fingerprint density at radius 2 is 1.93 bits per heavy atom. The molecule has 156 valence electrons. The zero-order valence-corrected chi connectivity index (χ0v) is 17.2. The van der Waals surface area contributed by atoms with E-state index in [1.807, 2.05) is 24.9 Å². The Hall–Kier alpha value is -3.49. The molecular formula is C21H24FN7O. The third-order valence-electron chi connectivity index (χ3n) is 5.27. The third kappa shape index (κ3) is 3.83. The van der Waals surface area contributed by atoms with Crippen molar-refractivity contribution in [3.63, 3.8) is 0 Å². The lowest BCUT2D eigenvalue weighted by atomic mass is 10.1. The van der Waals surface area contributed by atoms with Crippen molar-refractivity contribution in [2.75, 3.05) is 28.7 Å². The SMILES string of the molecule is CCN1c2nc(NCc3cnn(Cc4ccc(F)cc4)c3)ncc2N(C)C(=O)[C@H]1C. The highest BCUT2D eigenvalue weighted by Crippen LogP contribution is 2.33. The summed E-state index contributed by atoms with van der Waals surface area (Å²) in [6.07, 6.45) is 5.39. The number of rotatable bonds is 6. The van der Waals surface area contributed by atoms with Crippen LogP contribution < -0.4 is 15.1 Å². The lowest BCUT2D eigenvalue weighted by Gasteiger charge is -2.38. The molecule has 0 saturated carbocycles. The van der Waals surface area contributed by atoms with E-state index in [9.17, 15) is 9.18 Å². The lowest BCUT2D eigenvalue weighted by molar-refractivity contribution is -0.119. The molecule has 0 bridgehead atoms. The number of nitrogens with zero attached hydrogens (tertiary/aromatic N) is 6. The highest BCUT2D eigenvalue weighted by Gasteiger charge is 2.34. The zero-order chi connectivity index (χ0) is 21.3. The summed E-state index contributed by atoms with van der Waals surface area (Å²) < 4.78 is 14.8. The van der Waals surface area contributed by atoms with Gasteiger partial charge in [0.25, 0.3) is 0 Å². The van der Waals surface area contributed by atoms with Gasteiger partial charge >= 0.3 is 0 Å². The fraction of sp³-hybridized carbons (Fsp3) is 0.333. The van der Waals surface area contributed by atoms with Gasteiger partial charge in [0.2, 0.25) is 11.9 Å². The smallest absolute Gasteiger partial charge is 0.249 e. The summed E-state index contributed by atoms with van der Waals surface area (Å²) >= 11 is 0. The second-order valence-electron chi connectivity index (χ2n) is 7.29. The normalized spacial score (nSPS) is 16.0. The highest BCUT2D eigenvalue weighted by atomic mass is 19.1. The molecule has 1 aliphatic heterocycles. The molecule has 1 aromatic carbocycles. The van der Waals surface area contributed by atoms with Crippen LogP contribution in [0.2, 0.25) is 0 Å². The van der Waals surface area contributed by atoms with Gasteiger partial charge in [0.15, 0.2) is 5.82 Å². The fourth-order valence-electron chi connectivity index (χ4n) is 3.58. The zero-order valence-electron chi connectivity index (χ0n) is 17.2. The number of amides is 1. The molecule has 1 atom stereocenters. The summed E-state index contributed by atoms with van der Waals surface area (Å²) in [5, 5.41) is 7.59. The first-order chi connectivity index (χ1) is 14.5. The summed E-state index contributed by atoms with van der Waals surface area (Å²) in [4.78, 5) is 25.0. The predicted octanol–water partition coefficient (Wildman–Crippen LogP) is 2.66. The number of halogens is 1. The average Bonchev–Trinajstić information content (AvgIpc) is 3.20. The van der Waals surface area contributed by atoms with Crippen LogP contribution in [0.15, 0.2) is 42.9 Å². The molecule has 0 aliphatic carbocycles. The number of benzene rings is 1. The van der Waals surface area contributed by atoms with E-state index in [-0.39, 0.29) is 17.8 Å². The van der Waals surface area contributed by atoms with Gasteiger partial charge in [0.1, 0.15) is 17.5 Å². The largest absolute Gasteiger partial charge is 0.350 e. The highest BCUT2D eigenvalue weighted by molar-refractivity contribution is 6.04. The molecule has 0 radical (unpaired) electrons. The van der Waals surface area contributed by atoms with Crippen LogP contribution in [0, 0.1) is 5.82 Å². The topological polar surface area (TPSA) is 79.2 Å². The van der Waals surface area contributed by atoms with Crippen molar-refractivity contribution in [1.29, 1.82) is 0 Å². The molecule has 3 aromatic rings. The molecule has 9 heteroatoms. The number of carbonyl (C=O) groups is 1. The standard InChI is InChI=1S/C21H24FN7O/c1-4-29-14(2)20(30)27(3)18-11-24-21(26-19(18)29)23-9-16-10-25-28(13-16)12-15-5-7-17(22)8-6-15/h5-8,10-11,13-14H,4,9,12H2,1-3H3,(H,23,24,26)/t14-/m1/s1. The number of carbonyl (C=O) groups excluding carboxylic acids is 1. The van der Waals surface area contributed by atoms with E-state index in [1.54, 1.807) is 41.2 Å². The molecule has 1 amide bonds. The molecule has 8 nitrogen and oxygen atoms in total. The van der Waals surface area contributed by atoms with Crippen molar-refractivity contribution < 1.29 is 9.18 Å². The van der Waals surface area contributed by atoms with E-state index in [4.69, 9.17) is 0 Å². The second-order valence-corrected chi connectivity index (χ2v) is 7.29. The Balaban J connectivity index is 1.45. The monoisotopic (exact) mass is 409 g/mol. The van der Waals surface area contributed by atoms with E-state index in [1.165, 1.54) is 12.1 Å². The van der Waals surface area contributed by atoms with Crippen LogP contribution in [0.25, 0.3) is 0 Å². The molecular weight excluding hydrogens is 385 g/mol. The maximum atomic E-state index is 13.0. The van der Waals surface area contributed by atoms with Crippen molar-refractivity contribution >= 4 is 23.4 Å². The van der Waals surface area contributed by atoms with E-state index in [0.717, 1.165) is 16.9 Å². The van der Waals surface area contributed by atoms with Crippen molar-refractivity contribution in [2.24, 2.45) is 0 Å². The first kappa shape index (κ1) is 19.8. The maximum absolute atomic E-state index is 13.0. The van der Waals surface area contributed by atoms with E-state index in [0.29, 0.717) is 31.3 Å². The fourth-order valence-corrected chi connectivity index (χ4v) is 3.58. The average molecular weight is 409 g/mol. The number of fused-ring (bicyclic) bond motifs is 1. The Labute approximate surface area is 174 Å². The number of nitrogens with one attached hydrogen (secondary N) is 1. The lowest BCUT2D eigenvalue weighted by Crippen LogP contribution is -2.51. The van der Waals surface area contributed by atoms with Crippen LogP contribution in [0.1, 0.15) is 25.0 Å². The molecule has 0 spiro atoms. The molecule has 0 fully saturated rings. The van der Waals surface area contributed by atoms with Crippen molar-refractivity contribution in [3.8, 4) is 0 Å². The van der Waals surface area contributed by atoms with Crippen LogP contribution in [0.4, 0.5) is 21.8 Å². The van der Waals surface area contributed by atoms with Crippen LogP contribution in [0.3, 0.4) is 0 Å². The quantitative estimate of drug-likeness (QED) is 0.674. The first-order valence-electron chi connectivity index (χ1n) is 9.87. The van der Waals surface area contributed by atoms with E-state index >= 15 is 0 Å². The number of hydrogen-bond acceptors (Lipinski definition) is 6.